The third-order valence-corrected chi connectivity index (χ3v) is 4.38. The molecular formula is C15H18FNO. The molecule has 0 spiro atoms. The minimum absolute atomic E-state index is 0.123. The number of likely N-dealkylation sites (tertiary alicyclic amines) is 1. The van der Waals surface area contributed by atoms with Crippen molar-refractivity contribution in [2.45, 2.75) is 38.1 Å². The van der Waals surface area contributed by atoms with Crippen LogP contribution in [0.1, 0.15) is 42.5 Å². The first kappa shape index (κ1) is 11.7. The summed E-state index contributed by atoms with van der Waals surface area (Å²) in [5, 5.41) is 0. The van der Waals surface area contributed by atoms with Gasteiger partial charge in [-0.2, -0.15) is 0 Å². The summed E-state index contributed by atoms with van der Waals surface area (Å²) in [6, 6.07) is 6.66. The van der Waals surface area contributed by atoms with Crippen molar-refractivity contribution in [3.8, 4) is 0 Å². The number of hydrogen-bond donors (Lipinski definition) is 0. The SMILES string of the molecule is O=C(c1ccccc1F)N1CCC2CCCCC21. The van der Waals surface area contributed by atoms with E-state index in [0.29, 0.717) is 12.0 Å². The molecule has 18 heavy (non-hydrogen) atoms. The summed E-state index contributed by atoms with van der Waals surface area (Å²) in [6.45, 7) is 0.794. The average Bonchev–Trinajstić information content (AvgIpc) is 2.82. The van der Waals surface area contributed by atoms with Crippen LogP contribution in [-0.4, -0.2) is 23.4 Å². The van der Waals surface area contributed by atoms with Gasteiger partial charge in [-0.1, -0.05) is 25.0 Å². The van der Waals surface area contributed by atoms with E-state index in [4.69, 9.17) is 0 Å². The molecule has 1 aliphatic carbocycles. The first-order valence-corrected chi connectivity index (χ1v) is 6.83. The van der Waals surface area contributed by atoms with Crippen LogP contribution in [0, 0.1) is 11.7 Å². The van der Waals surface area contributed by atoms with Gasteiger partial charge in [0.15, 0.2) is 0 Å². The Kier molecular flexibility index (Phi) is 3.06. The van der Waals surface area contributed by atoms with E-state index in [-0.39, 0.29) is 11.5 Å². The molecule has 2 unspecified atom stereocenters. The Morgan fingerprint density at radius 1 is 1.17 bits per heavy atom. The second-order valence-corrected chi connectivity index (χ2v) is 5.38. The maximum absolute atomic E-state index is 13.7. The normalized spacial score (nSPS) is 27.1. The van der Waals surface area contributed by atoms with Crippen molar-refractivity contribution in [2.75, 3.05) is 6.54 Å². The maximum atomic E-state index is 13.7. The summed E-state index contributed by atoms with van der Waals surface area (Å²) in [5.74, 6) is 0.124. The number of amides is 1. The molecule has 1 aromatic rings. The summed E-state index contributed by atoms with van der Waals surface area (Å²) in [6.07, 6.45) is 5.88. The van der Waals surface area contributed by atoms with Gasteiger partial charge < -0.3 is 4.90 Å². The summed E-state index contributed by atoms with van der Waals surface area (Å²) in [4.78, 5) is 14.3. The van der Waals surface area contributed by atoms with Crippen LogP contribution in [0.2, 0.25) is 0 Å². The van der Waals surface area contributed by atoms with Gasteiger partial charge in [0.1, 0.15) is 5.82 Å². The molecule has 0 N–H and O–H groups in total. The molecule has 1 saturated carbocycles. The van der Waals surface area contributed by atoms with Crippen LogP contribution in [0.15, 0.2) is 24.3 Å². The van der Waals surface area contributed by atoms with Crippen molar-refractivity contribution >= 4 is 5.91 Å². The fraction of sp³-hybridized carbons (Fsp3) is 0.533. The lowest BCUT2D eigenvalue weighted by molar-refractivity contribution is 0.0685. The number of halogens is 1. The molecule has 3 heteroatoms. The number of hydrogen-bond acceptors (Lipinski definition) is 1. The predicted octanol–water partition coefficient (Wildman–Crippen LogP) is 3.23. The average molecular weight is 247 g/mol. The number of rotatable bonds is 1. The largest absolute Gasteiger partial charge is 0.335 e. The Morgan fingerprint density at radius 3 is 2.78 bits per heavy atom. The monoisotopic (exact) mass is 247 g/mol. The van der Waals surface area contributed by atoms with Crippen molar-refractivity contribution in [1.82, 2.24) is 4.90 Å². The van der Waals surface area contributed by atoms with Gasteiger partial charge in [0.2, 0.25) is 0 Å². The van der Waals surface area contributed by atoms with Crippen LogP contribution in [0.5, 0.6) is 0 Å². The minimum atomic E-state index is -0.401. The number of carbonyl (C=O) groups is 1. The Labute approximate surface area is 107 Å². The third-order valence-electron chi connectivity index (χ3n) is 4.38. The standard InChI is InChI=1S/C15H18FNO/c16-13-7-3-2-6-12(13)15(18)17-10-9-11-5-1-4-8-14(11)17/h2-3,6-7,11,14H,1,4-5,8-10H2. The maximum Gasteiger partial charge on any atom is 0.257 e. The van der Waals surface area contributed by atoms with Crippen LogP contribution in [0.25, 0.3) is 0 Å². The fourth-order valence-corrected chi connectivity index (χ4v) is 3.45. The zero-order valence-electron chi connectivity index (χ0n) is 10.4. The van der Waals surface area contributed by atoms with E-state index in [1.807, 2.05) is 4.90 Å². The Morgan fingerprint density at radius 2 is 1.94 bits per heavy atom. The van der Waals surface area contributed by atoms with Gasteiger partial charge >= 0.3 is 0 Å². The minimum Gasteiger partial charge on any atom is -0.335 e. The van der Waals surface area contributed by atoms with E-state index in [9.17, 15) is 9.18 Å². The van der Waals surface area contributed by atoms with Gasteiger partial charge in [0.25, 0.3) is 5.91 Å². The number of nitrogens with zero attached hydrogens (tertiary/aromatic N) is 1. The molecule has 3 rings (SSSR count). The summed E-state index contributed by atoms with van der Waals surface area (Å²) in [5.41, 5.74) is 0.226. The van der Waals surface area contributed by atoms with Crippen LogP contribution in [0.3, 0.4) is 0 Å². The molecule has 1 heterocycles. The van der Waals surface area contributed by atoms with Gasteiger partial charge in [0, 0.05) is 12.6 Å². The lowest BCUT2D eigenvalue weighted by atomic mass is 9.85. The lowest BCUT2D eigenvalue weighted by Gasteiger charge is -2.31. The zero-order valence-corrected chi connectivity index (χ0v) is 10.4. The molecule has 0 aromatic heterocycles. The third kappa shape index (κ3) is 1.92. The van der Waals surface area contributed by atoms with Crippen LogP contribution < -0.4 is 0 Å². The van der Waals surface area contributed by atoms with E-state index < -0.39 is 5.82 Å². The summed E-state index contributed by atoms with van der Waals surface area (Å²) in [7, 11) is 0. The van der Waals surface area contributed by atoms with E-state index in [1.165, 1.54) is 25.3 Å². The lowest BCUT2D eigenvalue weighted by Crippen LogP contribution is -2.39. The van der Waals surface area contributed by atoms with Crippen LogP contribution >= 0.6 is 0 Å². The van der Waals surface area contributed by atoms with Gasteiger partial charge in [-0.25, -0.2) is 4.39 Å². The molecule has 1 saturated heterocycles. The van der Waals surface area contributed by atoms with E-state index >= 15 is 0 Å². The molecule has 2 aliphatic rings. The van der Waals surface area contributed by atoms with Gasteiger partial charge in [-0.05, 0) is 37.3 Å². The first-order chi connectivity index (χ1) is 8.77. The quantitative estimate of drug-likeness (QED) is 0.746. The van der Waals surface area contributed by atoms with Gasteiger partial charge in [-0.15, -0.1) is 0 Å². The highest BCUT2D eigenvalue weighted by Crippen LogP contribution is 2.36. The van der Waals surface area contributed by atoms with Crippen molar-refractivity contribution in [3.05, 3.63) is 35.6 Å². The topological polar surface area (TPSA) is 20.3 Å². The molecule has 1 amide bonds. The number of carbonyl (C=O) groups excluding carboxylic acids is 1. The Balaban J connectivity index is 1.83. The summed E-state index contributed by atoms with van der Waals surface area (Å²) < 4.78 is 13.7. The van der Waals surface area contributed by atoms with E-state index in [2.05, 4.69) is 0 Å². The molecule has 2 atom stereocenters. The fourth-order valence-electron chi connectivity index (χ4n) is 3.45. The Bertz CT molecular complexity index is 460. The van der Waals surface area contributed by atoms with Crippen molar-refractivity contribution in [2.24, 2.45) is 5.92 Å². The molecule has 2 nitrogen and oxygen atoms in total. The van der Waals surface area contributed by atoms with Gasteiger partial charge in [-0.3, -0.25) is 4.79 Å². The highest BCUT2D eigenvalue weighted by molar-refractivity contribution is 5.94. The molecule has 96 valence electrons. The second-order valence-electron chi connectivity index (χ2n) is 5.38. The smallest absolute Gasteiger partial charge is 0.257 e. The van der Waals surface area contributed by atoms with Crippen molar-refractivity contribution < 1.29 is 9.18 Å². The Hall–Kier alpha value is -1.38. The summed E-state index contributed by atoms with van der Waals surface area (Å²) >= 11 is 0. The van der Waals surface area contributed by atoms with Crippen molar-refractivity contribution in [1.29, 1.82) is 0 Å². The molecule has 1 aromatic carbocycles. The molecule has 2 fully saturated rings. The molecule has 0 bridgehead atoms. The molecule has 1 aliphatic heterocycles. The van der Waals surface area contributed by atoms with Crippen molar-refractivity contribution in [3.63, 3.8) is 0 Å². The number of benzene rings is 1. The first-order valence-electron chi connectivity index (χ1n) is 6.83. The predicted molar refractivity (Wildman–Crippen MR) is 67.8 cm³/mol. The molecular weight excluding hydrogens is 229 g/mol. The zero-order chi connectivity index (χ0) is 12.5. The van der Waals surface area contributed by atoms with Gasteiger partial charge in [0.05, 0.1) is 5.56 Å². The highest BCUT2D eigenvalue weighted by Gasteiger charge is 2.38. The molecule has 0 radical (unpaired) electrons. The highest BCUT2D eigenvalue weighted by atomic mass is 19.1. The van der Waals surface area contributed by atoms with Crippen LogP contribution in [0.4, 0.5) is 4.39 Å². The van der Waals surface area contributed by atoms with Crippen LogP contribution in [-0.2, 0) is 0 Å². The van der Waals surface area contributed by atoms with E-state index in [0.717, 1.165) is 19.4 Å². The second kappa shape index (κ2) is 4.71. The van der Waals surface area contributed by atoms with E-state index in [1.54, 1.807) is 18.2 Å². The number of fused-ring (bicyclic) bond motifs is 1.